The van der Waals surface area contributed by atoms with Crippen molar-refractivity contribution in [3.8, 4) is 0 Å². The number of nitrogens with zero attached hydrogens (tertiary/aromatic N) is 1. The van der Waals surface area contributed by atoms with Gasteiger partial charge in [-0.25, -0.2) is 8.42 Å². The molecule has 180 valence electrons. The minimum Gasteiger partial charge on any atom is -0.299 e. The van der Waals surface area contributed by atoms with Crippen LogP contribution >= 0.6 is 0 Å². The molecule has 3 unspecified atom stereocenters. The molecule has 0 saturated heterocycles. The monoisotopic (exact) mass is 493 g/mol. The molecule has 0 amide bonds. The van der Waals surface area contributed by atoms with Crippen LogP contribution in [0.3, 0.4) is 0 Å². The van der Waals surface area contributed by atoms with Crippen LogP contribution in [0.15, 0.2) is 70.3 Å². The van der Waals surface area contributed by atoms with Gasteiger partial charge in [0.1, 0.15) is 13.9 Å². The van der Waals surface area contributed by atoms with Crippen LogP contribution in [-0.4, -0.2) is 39.7 Å². The second-order valence-corrected chi connectivity index (χ2v) is 17.3. The van der Waals surface area contributed by atoms with Crippen molar-refractivity contribution < 1.29 is 13.2 Å². The number of hydrogen-bond donors (Lipinski definition) is 0. The highest BCUT2D eigenvalue weighted by atomic mass is 32.2. The number of rotatable bonds is 5. The van der Waals surface area contributed by atoms with Crippen LogP contribution < -0.4 is 5.19 Å². The lowest BCUT2D eigenvalue weighted by molar-refractivity contribution is -0.124. The van der Waals surface area contributed by atoms with Crippen LogP contribution in [0.4, 0.5) is 0 Å². The van der Waals surface area contributed by atoms with Crippen molar-refractivity contribution in [1.82, 2.24) is 4.31 Å². The van der Waals surface area contributed by atoms with Gasteiger partial charge >= 0.3 is 0 Å². The highest BCUT2D eigenvalue weighted by Gasteiger charge is 2.54. The molecule has 2 aliphatic carbocycles. The molecule has 2 saturated carbocycles. The minimum atomic E-state index is -3.63. The molecule has 6 heteroatoms. The molecule has 34 heavy (non-hydrogen) atoms. The molecular weight excluding hydrogens is 458 g/mol. The fourth-order valence-corrected chi connectivity index (χ4v) is 11.0. The van der Waals surface area contributed by atoms with Gasteiger partial charge in [0.25, 0.3) is 0 Å². The Bertz CT molecular complexity index is 1230. The highest BCUT2D eigenvalue weighted by molar-refractivity contribution is 7.89. The summed E-state index contributed by atoms with van der Waals surface area (Å²) in [5, 5.41) is 2.75. The summed E-state index contributed by atoms with van der Waals surface area (Å²) in [5.74, 6) is 0.621. The van der Waals surface area contributed by atoms with E-state index in [-0.39, 0.29) is 17.8 Å². The van der Waals surface area contributed by atoms with Crippen molar-refractivity contribution in [1.29, 1.82) is 0 Å². The van der Waals surface area contributed by atoms with E-state index in [9.17, 15) is 13.2 Å². The molecule has 2 aromatic rings. The maximum absolute atomic E-state index is 13.8. The standard InChI is InChI=1S/C28H35NO3SSi/c1-19-10-14-22(15-11-19)33(31,32)29-17-16-25(34(3,4)23-8-6-5-7-9-23)26-20(2)28(30)27(21-12-13-21)24(26)18-29/h5-11,14-15,20-21,24,27H,12-13,16-18H2,1-4H3. The van der Waals surface area contributed by atoms with Gasteiger partial charge in [0.15, 0.2) is 0 Å². The average Bonchev–Trinajstić information content (AvgIpc) is 3.64. The molecule has 0 radical (unpaired) electrons. The number of Topliss-reactive ketones (excluding diaryl/α,β-unsaturated/α-hetero) is 1. The number of fused-ring (bicyclic) bond motifs is 1. The van der Waals surface area contributed by atoms with Crippen molar-refractivity contribution in [2.45, 2.75) is 51.1 Å². The number of sulfonamides is 1. The summed E-state index contributed by atoms with van der Waals surface area (Å²) in [5.41, 5.74) is 2.32. The summed E-state index contributed by atoms with van der Waals surface area (Å²) in [4.78, 5) is 13.9. The Morgan fingerprint density at radius 1 is 0.971 bits per heavy atom. The van der Waals surface area contributed by atoms with E-state index in [0.717, 1.165) is 18.4 Å². The fraction of sp³-hybridized carbons (Fsp3) is 0.464. The summed E-state index contributed by atoms with van der Waals surface area (Å²) >= 11 is 0. The molecule has 4 nitrogen and oxygen atoms in total. The number of carbonyl (C=O) groups is 1. The predicted octanol–water partition coefficient (Wildman–Crippen LogP) is 4.70. The minimum absolute atomic E-state index is 0.00297. The number of aryl methyl sites for hydroxylation is 1. The summed E-state index contributed by atoms with van der Waals surface area (Å²) < 4.78 is 29.2. The van der Waals surface area contributed by atoms with Gasteiger partial charge in [0.05, 0.1) is 4.90 Å². The zero-order valence-electron chi connectivity index (χ0n) is 20.6. The van der Waals surface area contributed by atoms with E-state index in [2.05, 4.69) is 44.3 Å². The first kappa shape index (κ1) is 23.7. The largest absolute Gasteiger partial charge is 0.299 e. The van der Waals surface area contributed by atoms with Crippen molar-refractivity contribution in [3.05, 3.63) is 70.9 Å². The molecule has 0 bridgehead atoms. The first-order valence-electron chi connectivity index (χ1n) is 12.5. The predicted molar refractivity (Wildman–Crippen MR) is 139 cm³/mol. The third-order valence-corrected chi connectivity index (χ3v) is 14.2. The van der Waals surface area contributed by atoms with Gasteiger partial charge in [-0.2, -0.15) is 4.31 Å². The molecule has 3 aliphatic rings. The van der Waals surface area contributed by atoms with Crippen molar-refractivity contribution >= 4 is 29.1 Å². The molecule has 1 aliphatic heterocycles. The smallest absolute Gasteiger partial charge is 0.243 e. The Morgan fingerprint density at radius 2 is 1.62 bits per heavy atom. The third kappa shape index (κ3) is 3.94. The first-order valence-corrected chi connectivity index (χ1v) is 17.0. The van der Waals surface area contributed by atoms with Gasteiger partial charge in [0, 0.05) is 30.8 Å². The Labute approximate surface area is 205 Å². The molecule has 5 rings (SSSR count). The summed E-state index contributed by atoms with van der Waals surface area (Å²) in [6, 6.07) is 17.8. The quantitative estimate of drug-likeness (QED) is 0.567. The van der Waals surface area contributed by atoms with E-state index in [1.807, 2.05) is 25.1 Å². The lowest BCUT2D eigenvalue weighted by atomic mass is 9.89. The number of carbonyl (C=O) groups excluding carboxylic acids is 1. The van der Waals surface area contributed by atoms with Gasteiger partial charge in [-0.3, -0.25) is 4.79 Å². The lowest BCUT2D eigenvalue weighted by Gasteiger charge is -2.30. The Balaban J connectivity index is 1.60. The zero-order valence-corrected chi connectivity index (χ0v) is 22.4. The molecule has 0 aromatic heterocycles. The SMILES string of the molecule is Cc1ccc(S(=O)(=O)N2CCC([Si](C)(C)c3ccccc3)=C3C(C)C(=O)C(C4CC4)C3C2)cc1. The molecule has 0 spiro atoms. The Hall–Kier alpha value is -2.02. The highest BCUT2D eigenvalue weighted by Crippen LogP contribution is 2.53. The first-order chi connectivity index (χ1) is 16.1. The van der Waals surface area contributed by atoms with E-state index >= 15 is 0 Å². The molecule has 3 atom stereocenters. The van der Waals surface area contributed by atoms with E-state index in [1.54, 1.807) is 16.4 Å². The Kier molecular flexibility index (Phi) is 5.98. The van der Waals surface area contributed by atoms with E-state index in [1.165, 1.54) is 16.0 Å². The molecule has 1 heterocycles. The van der Waals surface area contributed by atoms with Crippen LogP contribution in [0.25, 0.3) is 0 Å². The summed E-state index contributed by atoms with van der Waals surface area (Å²) in [7, 11) is -5.71. The van der Waals surface area contributed by atoms with Gasteiger partial charge in [-0.1, -0.05) is 84.0 Å². The van der Waals surface area contributed by atoms with Crippen molar-refractivity contribution in [3.63, 3.8) is 0 Å². The van der Waals surface area contributed by atoms with Crippen molar-refractivity contribution in [2.24, 2.45) is 23.7 Å². The summed E-state index contributed by atoms with van der Waals surface area (Å²) in [6.07, 6.45) is 2.89. The van der Waals surface area contributed by atoms with Crippen molar-refractivity contribution in [2.75, 3.05) is 13.1 Å². The number of benzene rings is 2. The maximum Gasteiger partial charge on any atom is 0.243 e. The number of hydrogen-bond acceptors (Lipinski definition) is 3. The molecule has 2 aromatic carbocycles. The van der Waals surface area contributed by atoms with Gasteiger partial charge in [-0.05, 0) is 44.2 Å². The fourth-order valence-electron chi connectivity index (χ4n) is 6.34. The van der Waals surface area contributed by atoms with Crippen LogP contribution in [0.1, 0.15) is 31.7 Å². The Morgan fingerprint density at radius 3 is 2.24 bits per heavy atom. The molecule has 2 fully saturated rings. The van der Waals surface area contributed by atoms with Gasteiger partial charge in [-0.15, -0.1) is 0 Å². The van der Waals surface area contributed by atoms with E-state index < -0.39 is 18.1 Å². The van der Waals surface area contributed by atoms with Gasteiger partial charge in [0.2, 0.25) is 10.0 Å². The normalized spacial score (nSPS) is 26.5. The zero-order chi connectivity index (χ0) is 24.3. The average molecular weight is 494 g/mol. The lowest BCUT2D eigenvalue weighted by Crippen LogP contribution is -2.45. The van der Waals surface area contributed by atoms with Crippen LogP contribution in [0, 0.1) is 30.6 Å². The molecular formula is C28H35NO3SSi. The number of ketones is 1. The third-order valence-electron chi connectivity index (χ3n) is 8.45. The van der Waals surface area contributed by atoms with Crippen LogP contribution in [0.2, 0.25) is 13.1 Å². The second-order valence-electron chi connectivity index (χ2n) is 10.9. The van der Waals surface area contributed by atoms with Gasteiger partial charge < -0.3 is 0 Å². The topological polar surface area (TPSA) is 54.5 Å². The maximum atomic E-state index is 13.8. The van der Waals surface area contributed by atoms with Crippen LogP contribution in [-0.2, 0) is 14.8 Å². The second kappa shape index (κ2) is 8.57. The van der Waals surface area contributed by atoms with E-state index in [4.69, 9.17) is 0 Å². The van der Waals surface area contributed by atoms with E-state index in [0.29, 0.717) is 36.1 Å². The molecule has 0 N–H and O–H groups in total. The van der Waals surface area contributed by atoms with Crippen LogP contribution in [0.5, 0.6) is 0 Å². The summed E-state index contributed by atoms with van der Waals surface area (Å²) in [6.45, 7) is 9.68.